The minimum Gasteiger partial charge on any atom is -0.467 e. The van der Waals surface area contributed by atoms with Gasteiger partial charge in [0.05, 0.1) is 31.1 Å². The second kappa shape index (κ2) is 12.2. The Kier molecular flexibility index (Phi) is 9.09. The third-order valence-corrected chi connectivity index (χ3v) is 5.56. The third kappa shape index (κ3) is 7.08. The van der Waals surface area contributed by atoms with Crippen molar-refractivity contribution in [2.75, 3.05) is 31.6 Å². The number of nitrogens with zero attached hydrogens (tertiary/aromatic N) is 2. The van der Waals surface area contributed by atoms with Gasteiger partial charge in [-0.1, -0.05) is 0 Å². The van der Waals surface area contributed by atoms with Crippen molar-refractivity contribution < 1.29 is 28.3 Å². The van der Waals surface area contributed by atoms with Gasteiger partial charge < -0.3 is 29.0 Å². The van der Waals surface area contributed by atoms with E-state index in [0.717, 1.165) is 12.8 Å². The average Bonchev–Trinajstić information content (AvgIpc) is 3.51. The highest BCUT2D eigenvalue weighted by Crippen LogP contribution is 2.17. The molecule has 3 rings (SSSR count). The van der Waals surface area contributed by atoms with E-state index < -0.39 is 12.0 Å². The minimum atomic E-state index is -0.419. The molecule has 1 saturated heterocycles. The largest absolute Gasteiger partial charge is 0.467 e. The Labute approximate surface area is 200 Å². The van der Waals surface area contributed by atoms with Crippen LogP contribution in [0.15, 0.2) is 47.1 Å². The maximum Gasteiger partial charge on any atom is 0.338 e. The molecular weight excluding hydrogens is 438 g/mol. The summed E-state index contributed by atoms with van der Waals surface area (Å²) in [7, 11) is 0. The van der Waals surface area contributed by atoms with E-state index in [1.54, 1.807) is 48.4 Å². The van der Waals surface area contributed by atoms with Crippen LogP contribution in [-0.2, 0) is 20.8 Å². The van der Waals surface area contributed by atoms with Crippen molar-refractivity contribution in [3.05, 3.63) is 54.0 Å². The van der Waals surface area contributed by atoms with Gasteiger partial charge in [0.2, 0.25) is 5.91 Å². The first-order chi connectivity index (χ1) is 16.4. The number of esters is 1. The quantitative estimate of drug-likeness (QED) is 0.527. The molecular formula is C25H33N3O6. The SMILES string of the molecule is CCOC(=O)c1ccc(NC(=O)N(CC(=O)N(Cc2ccco2)CC2CCCO2)C(C)C)cc1. The number of carbonyl (C=O) groups is 3. The number of nitrogens with one attached hydrogen (secondary N) is 1. The summed E-state index contributed by atoms with van der Waals surface area (Å²) in [6.07, 6.45) is 3.43. The van der Waals surface area contributed by atoms with Crippen LogP contribution in [0.4, 0.5) is 10.5 Å². The Bertz CT molecular complexity index is 936. The number of hydrogen-bond donors (Lipinski definition) is 1. The maximum absolute atomic E-state index is 13.3. The van der Waals surface area contributed by atoms with Crippen LogP contribution in [0.25, 0.3) is 0 Å². The van der Waals surface area contributed by atoms with Crippen LogP contribution < -0.4 is 5.32 Å². The summed E-state index contributed by atoms with van der Waals surface area (Å²) in [5.41, 5.74) is 0.918. The first-order valence-corrected chi connectivity index (χ1v) is 11.6. The molecule has 0 radical (unpaired) electrons. The standard InChI is InChI=1S/C25H33N3O6/c1-4-32-24(30)19-9-11-20(12-10-19)26-25(31)28(18(2)3)17-23(29)27(15-21-7-5-13-33-21)16-22-8-6-14-34-22/h5,7,9-13,18,22H,4,6,8,14-17H2,1-3H3,(H,26,31). The Balaban J connectivity index is 1.65. The van der Waals surface area contributed by atoms with Crippen molar-refractivity contribution >= 4 is 23.6 Å². The number of benzene rings is 1. The lowest BCUT2D eigenvalue weighted by molar-refractivity contribution is -0.134. The van der Waals surface area contributed by atoms with Crippen molar-refractivity contribution in [2.45, 2.75) is 52.3 Å². The van der Waals surface area contributed by atoms with E-state index in [1.807, 2.05) is 19.9 Å². The number of furan rings is 1. The fraction of sp³-hybridized carbons (Fsp3) is 0.480. The molecule has 9 nitrogen and oxygen atoms in total. The zero-order chi connectivity index (χ0) is 24.5. The van der Waals surface area contributed by atoms with E-state index in [1.165, 1.54) is 4.90 Å². The Morgan fingerprint density at radius 3 is 2.53 bits per heavy atom. The molecule has 3 amide bonds. The van der Waals surface area contributed by atoms with Crippen LogP contribution in [0.1, 0.15) is 49.7 Å². The van der Waals surface area contributed by atoms with Gasteiger partial charge >= 0.3 is 12.0 Å². The van der Waals surface area contributed by atoms with E-state index in [9.17, 15) is 14.4 Å². The Morgan fingerprint density at radius 1 is 1.18 bits per heavy atom. The normalized spacial score (nSPS) is 15.2. The summed E-state index contributed by atoms with van der Waals surface area (Å²) in [6, 6.07) is 9.43. The van der Waals surface area contributed by atoms with Crippen molar-refractivity contribution in [1.29, 1.82) is 0 Å². The van der Waals surface area contributed by atoms with Gasteiger partial charge in [-0.25, -0.2) is 9.59 Å². The predicted octanol–water partition coefficient (Wildman–Crippen LogP) is 3.91. The minimum absolute atomic E-state index is 0.0156. The molecule has 0 saturated carbocycles. The van der Waals surface area contributed by atoms with E-state index >= 15 is 0 Å². The van der Waals surface area contributed by atoms with Gasteiger partial charge in [0.1, 0.15) is 12.3 Å². The summed E-state index contributed by atoms with van der Waals surface area (Å²) in [5.74, 6) is 0.0691. The number of urea groups is 1. The van der Waals surface area contributed by atoms with Crippen molar-refractivity contribution in [3.8, 4) is 0 Å². The molecule has 1 aliphatic rings. The Hall–Kier alpha value is -3.33. The van der Waals surface area contributed by atoms with E-state index in [4.69, 9.17) is 13.9 Å². The van der Waals surface area contributed by atoms with Crippen LogP contribution in [0.5, 0.6) is 0 Å². The average molecular weight is 472 g/mol. The molecule has 1 unspecified atom stereocenters. The lowest BCUT2D eigenvalue weighted by Crippen LogP contribution is -2.48. The lowest BCUT2D eigenvalue weighted by atomic mass is 10.2. The topological polar surface area (TPSA) is 101 Å². The third-order valence-electron chi connectivity index (χ3n) is 5.56. The molecule has 1 aromatic carbocycles. The summed E-state index contributed by atoms with van der Waals surface area (Å²) < 4.78 is 16.1. The van der Waals surface area contributed by atoms with E-state index in [0.29, 0.717) is 43.3 Å². The van der Waals surface area contributed by atoms with Gasteiger partial charge in [-0.15, -0.1) is 0 Å². The zero-order valence-corrected chi connectivity index (χ0v) is 20.0. The van der Waals surface area contributed by atoms with Gasteiger partial charge in [-0.2, -0.15) is 0 Å². The van der Waals surface area contributed by atoms with Crippen LogP contribution in [0.2, 0.25) is 0 Å². The van der Waals surface area contributed by atoms with Gasteiger partial charge in [0.15, 0.2) is 0 Å². The van der Waals surface area contributed by atoms with Gasteiger partial charge in [0, 0.05) is 24.9 Å². The van der Waals surface area contributed by atoms with E-state index in [2.05, 4.69) is 5.32 Å². The summed E-state index contributed by atoms with van der Waals surface area (Å²) >= 11 is 0. The van der Waals surface area contributed by atoms with Crippen LogP contribution in [-0.4, -0.2) is 66.2 Å². The predicted molar refractivity (Wildman–Crippen MR) is 126 cm³/mol. The molecule has 1 fully saturated rings. The monoisotopic (exact) mass is 471 g/mol. The number of carbonyl (C=O) groups excluding carboxylic acids is 3. The Morgan fingerprint density at radius 2 is 1.94 bits per heavy atom. The van der Waals surface area contributed by atoms with Crippen LogP contribution in [0, 0.1) is 0 Å². The smallest absolute Gasteiger partial charge is 0.338 e. The number of rotatable bonds is 10. The number of amides is 3. The maximum atomic E-state index is 13.3. The molecule has 0 bridgehead atoms. The summed E-state index contributed by atoms with van der Waals surface area (Å²) in [6.45, 7) is 7.11. The molecule has 0 spiro atoms. The van der Waals surface area contributed by atoms with Crippen molar-refractivity contribution in [1.82, 2.24) is 9.80 Å². The van der Waals surface area contributed by atoms with Gasteiger partial charge in [-0.3, -0.25) is 4.79 Å². The molecule has 184 valence electrons. The van der Waals surface area contributed by atoms with Crippen LogP contribution in [0.3, 0.4) is 0 Å². The highest BCUT2D eigenvalue weighted by atomic mass is 16.5. The first kappa shape index (κ1) is 25.3. The molecule has 0 aliphatic carbocycles. The van der Waals surface area contributed by atoms with E-state index in [-0.39, 0.29) is 24.6 Å². The molecule has 1 N–H and O–H groups in total. The first-order valence-electron chi connectivity index (χ1n) is 11.6. The fourth-order valence-electron chi connectivity index (χ4n) is 3.71. The molecule has 34 heavy (non-hydrogen) atoms. The van der Waals surface area contributed by atoms with Crippen molar-refractivity contribution in [3.63, 3.8) is 0 Å². The number of anilines is 1. The molecule has 1 aromatic heterocycles. The molecule has 2 aromatic rings. The number of hydrogen-bond acceptors (Lipinski definition) is 6. The van der Waals surface area contributed by atoms with Gasteiger partial charge in [0.25, 0.3) is 0 Å². The second-order valence-corrected chi connectivity index (χ2v) is 8.44. The highest BCUT2D eigenvalue weighted by Gasteiger charge is 2.27. The molecule has 2 heterocycles. The molecule has 1 aliphatic heterocycles. The van der Waals surface area contributed by atoms with Crippen LogP contribution >= 0.6 is 0 Å². The van der Waals surface area contributed by atoms with Gasteiger partial charge in [-0.05, 0) is 70.0 Å². The summed E-state index contributed by atoms with van der Waals surface area (Å²) in [5, 5.41) is 2.81. The molecule has 1 atom stereocenters. The highest BCUT2D eigenvalue weighted by molar-refractivity contribution is 5.94. The van der Waals surface area contributed by atoms with Crippen molar-refractivity contribution in [2.24, 2.45) is 0 Å². The lowest BCUT2D eigenvalue weighted by Gasteiger charge is -2.30. The number of ether oxygens (including phenoxy) is 2. The summed E-state index contributed by atoms with van der Waals surface area (Å²) in [4.78, 5) is 41.3. The fourth-order valence-corrected chi connectivity index (χ4v) is 3.71. The molecule has 9 heteroatoms. The zero-order valence-electron chi connectivity index (χ0n) is 20.0. The second-order valence-electron chi connectivity index (χ2n) is 8.44.